The summed E-state index contributed by atoms with van der Waals surface area (Å²) in [6.45, 7) is 4.54. The predicted octanol–water partition coefficient (Wildman–Crippen LogP) is 4.76. The largest absolute Gasteiger partial charge is 0.481 e. The predicted molar refractivity (Wildman–Crippen MR) is 111 cm³/mol. The summed E-state index contributed by atoms with van der Waals surface area (Å²) in [6.07, 6.45) is 1.37. The highest BCUT2D eigenvalue weighted by Gasteiger charge is 2.38. The van der Waals surface area contributed by atoms with E-state index in [1.807, 2.05) is 31.2 Å². The molecule has 2 aromatic rings. The number of ether oxygens (including phenoxy) is 1. The van der Waals surface area contributed by atoms with Crippen LogP contribution < -0.4 is 0 Å². The molecule has 5 nitrogen and oxygen atoms in total. The van der Waals surface area contributed by atoms with E-state index in [-0.39, 0.29) is 24.0 Å². The Labute approximate surface area is 171 Å². The van der Waals surface area contributed by atoms with Crippen molar-refractivity contribution >= 4 is 12.1 Å². The molecular weight excluding hydrogens is 366 g/mol. The molecule has 152 valence electrons. The molecule has 1 aliphatic heterocycles. The fourth-order valence-corrected chi connectivity index (χ4v) is 4.80. The average molecular weight is 393 g/mol. The van der Waals surface area contributed by atoms with Gasteiger partial charge >= 0.3 is 12.1 Å². The number of carbonyl (C=O) groups is 2. The Morgan fingerprint density at radius 2 is 1.66 bits per heavy atom. The zero-order valence-corrected chi connectivity index (χ0v) is 16.9. The zero-order chi connectivity index (χ0) is 20.5. The highest BCUT2D eigenvalue weighted by Crippen LogP contribution is 2.44. The molecule has 2 aliphatic rings. The van der Waals surface area contributed by atoms with Crippen molar-refractivity contribution in [3.05, 3.63) is 59.7 Å². The van der Waals surface area contributed by atoms with E-state index in [0.717, 1.165) is 12.8 Å². The normalized spacial score (nSPS) is 20.1. The SMILES string of the molecule is C[C@H]([C@@H](C)C(=O)O)[C@@H]1CCCN1C(=O)OCC1c2ccccc2-c2ccccc21. The van der Waals surface area contributed by atoms with Crippen LogP contribution in [0.15, 0.2) is 48.5 Å². The standard InChI is InChI=1S/C24H27NO4/c1-15(16(2)23(26)27)22-12-7-13-25(22)24(28)29-14-21-19-10-5-3-8-17(19)18-9-4-6-11-20(18)21/h3-6,8-11,15-16,21-22H,7,12-14H2,1-2H3,(H,26,27)/t15-,16-,22+/m1/s1. The van der Waals surface area contributed by atoms with Gasteiger partial charge in [-0.05, 0) is 41.0 Å². The quantitative estimate of drug-likeness (QED) is 0.796. The molecule has 1 saturated heterocycles. The van der Waals surface area contributed by atoms with E-state index in [4.69, 9.17) is 4.74 Å². The Bertz CT molecular complexity index is 879. The monoisotopic (exact) mass is 393 g/mol. The third-order valence-electron chi connectivity index (χ3n) is 6.65. The highest BCUT2D eigenvalue weighted by molar-refractivity contribution is 5.79. The van der Waals surface area contributed by atoms with Crippen molar-refractivity contribution in [2.24, 2.45) is 11.8 Å². The van der Waals surface area contributed by atoms with Gasteiger partial charge in [0.2, 0.25) is 0 Å². The van der Waals surface area contributed by atoms with E-state index in [1.54, 1.807) is 11.8 Å². The molecule has 0 radical (unpaired) electrons. The summed E-state index contributed by atoms with van der Waals surface area (Å²) in [5.74, 6) is -1.41. The summed E-state index contributed by atoms with van der Waals surface area (Å²) in [5.41, 5.74) is 4.78. The Morgan fingerprint density at radius 3 is 2.24 bits per heavy atom. The number of carboxylic acids is 1. The second kappa shape index (κ2) is 7.90. The van der Waals surface area contributed by atoms with Crippen molar-refractivity contribution in [2.75, 3.05) is 13.2 Å². The molecule has 1 aliphatic carbocycles. The van der Waals surface area contributed by atoms with Gasteiger partial charge in [-0.15, -0.1) is 0 Å². The number of rotatable bonds is 5. The van der Waals surface area contributed by atoms with Crippen molar-refractivity contribution in [2.45, 2.75) is 38.6 Å². The maximum atomic E-state index is 12.9. The summed E-state index contributed by atoms with van der Waals surface area (Å²) < 4.78 is 5.78. The first-order chi connectivity index (χ1) is 14.0. The first-order valence-electron chi connectivity index (χ1n) is 10.3. The fraction of sp³-hybridized carbons (Fsp3) is 0.417. The van der Waals surface area contributed by atoms with Crippen LogP contribution in [0, 0.1) is 11.8 Å². The lowest BCUT2D eigenvalue weighted by atomic mass is 9.87. The maximum Gasteiger partial charge on any atom is 0.410 e. The molecule has 0 bridgehead atoms. The van der Waals surface area contributed by atoms with Crippen LogP contribution in [-0.2, 0) is 9.53 Å². The molecule has 4 rings (SSSR count). The Hall–Kier alpha value is -2.82. The van der Waals surface area contributed by atoms with Crippen LogP contribution in [-0.4, -0.2) is 41.3 Å². The van der Waals surface area contributed by atoms with Crippen LogP contribution in [0.4, 0.5) is 4.79 Å². The lowest BCUT2D eigenvalue weighted by molar-refractivity contribution is -0.143. The smallest absolute Gasteiger partial charge is 0.410 e. The lowest BCUT2D eigenvalue weighted by Gasteiger charge is -2.31. The number of carbonyl (C=O) groups excluding carboxylic acids is 1. The second-order valence-electron chi connectivity index (χ2n) is 8.19. The molecule has 0 unspecified atom stereocenters. The van der Waals surface area contributed by atoms with Gasteiger partial charge in [-0.2, -0.15) is 0 Å². The van der Waals surface area contributed by atoms with Crippen LogP contribution in [0.3, 0.4) is 0 Å². The van der Waals surface area contributed by atoms with Gasteiger partial charge < -0.3 is 14.7 Å². The van der Waals surface area contributed by atoms with Crippen molar-refractivity contribution in [1.82, 2.24) is 4.90 Å². The molecule has 0 saturated carbocycles. The number of carboxylic acid groups (broad SMARTS) is 1. The van der Waals surface area contributed by atoms with Gasteiger partial charge in [0.05, 0.1) is 5.92 Å². The van der Waals surface area contributed by atoms with E-state index in [0.29, 0.717) is 13.2 Å². The van der Waals surface area contributed by atoms with Crippen molar-refractivity contribution in [3.63, 3.8) is 0 Å². The van der Waals surface area contributed by atoms with Gasteiger partial charge in [-0.25, -0.2) is 4.79 Å². The molecule has 1 N–H and O–H groups in total. The lowest BCUT2D eigenvalue weighted by Crippen LogP contribution is -2.43. The van der Waals surface area contributed by atoms with Gasteiger partial charge in [0.25, 0.3) is 0 Å². The van der Waals surface area contributed by atoms with Gasteiger partial charge in [0.15, 0.2) is 0 Å². The van der Waals surface area contributed by atoms with Gasteiger partial charge in [-0.1, -0.05) is 62.4 Å². The highest BCUT2D eigenvalue weighted by atomic mass is 16.6. The number of likely N-dealkylation sites (tertiary alicyclic amines) is 1. The van der Waals surface area contributed by atoms with Crippen LogP contribution in [0.1, 0.15) is 43.7 Å². The Balaban J connectivity index is 1.48. The maximum absolute atomic E-state index is 12.9. The molecule has 3 atom stereocenters. The molecule has 1 amide bonds. The number of fused-ring (bicyclic) bond motifs is 3. The van der Waals surface area contributed by atoms with Crippen LogP contribution in [0.2, 0.25) is 0 Å². The minimum Gasteiger partial charge on any atom is -0.481 e. The first kappa shape index (κ1) is 19.5. The summed E-state index contributed by atoms with van der Waals surface area (Å²) in [4.78, 5) is 26.0. The molecule has 29 heavy (non-hydrogen) atoms. The minimum atomic E-state index is -0.822. The molecule has 2 aromatic carbocycles. The van der Waals surface area contributed by atoms with Crippen molar-refractivity contribution in [3.8, 4) is 11.1 Å². The number of aliphatic carboxylic acids is 1. The summed E-state index contributed by atoms with van der Waals surface area (Å²) in [7, 11) is 0. The molecule has 0 aromatic heterocycles. The number of benzene rings is 2. The third kappa shape index (κ3) is 3.50. The summed E-state index contributed by atoms with van der Waals surface area (Å²) in [5, 5.41) is 9.34. The van der Waals surface area contributed by atoms with Crippen LogP contribution in [0.5, 0.6) is 0 Å². The topological polar surface area (TPSA) is 66.8 Å². The molecule has 0 spiro atoms. The summed E-state index contributed by atoms with van der Waals surface area (Å²) >= 11 is 0. The van der Waals surface area contributed by atoms with E-state index in [9.17, 15) is 14.7 Å². The fourth-order valence-electron chi connectivity index (χ4n) is 4.80. The zero-order valence-electron chi connectivity index (χ0n) is 16.9. The molecule has 1 heterocycles. The number of hydrogen-bond acceptors (Lipinski definition) is 3. The molecule has 1 fully saturated rings. The van der Waals surface area contributed by atoms with Crippen LogP contribution in [0.25, 0.3) is 11.1 Å². The number of nitrogens with zero attached hydrogens (tertiary/aromatic N) is 1. The van der Waals surface area contributed by atoms with Gasteiger partial charge in [-0.3, -0.25) is 4.79 Å². The second-order valence-corrected chi connectivity index (χ2v) is 8.19. The summed E-state index contributed by atoms with van der Waals surface area (Å²) in [6, 6.07) is 16.4. The van der Waals surface area contributed by atoms with Gasteiger partial charge in [0.1, 0.15) is 6.61 Å². The van der Waals surface area contributed by atoms with E-state index in [1.165, 1.54) is 22.3 Å². The molecular formula is C24H27NO4. The molecule has 5 heteroatoms. The minimum absolute atomic E-state index is 0.0303. The average Bonchev–Trinajstić information content (AvgIpc) is 3.34. The number of amides is 1. The number of hydrogen-bond donors (Lipinski definition) is 1. The third-order valence-corrected chi connectivity index (χ3v) is 6.65. The Morgan fingerprint density at radius 1 is 1.07 bits per heavy atom. The van der Waals surface area contributed by atoms with E-state index in [2.05, 4.69) is 24.3 Å². The van der Waals surface area contributed by atoms with Crippen LogP contribution >= 0.6 is 0 Å². The first-order valence-corrected chi connectivity index (χ1v) is 10.3. The van der Waals surface area contributed by atoms with E-state index < -0.39 is 11.9 Å². The Kier molecular flexibility index (Phi) is 5.31. The van der Waals surface area contributed by atoms with Crippen molar-refractivity contribution < 1.29 is 19.4 Å². The van der Waals surface area contributed by atoms with Crippen molar-refractivity contribution in [1.29, 1.82) is 0 Å². The van der Waals surface area contributed by atoms with E-state index >= 15 is 0 Å². The van der Waals surface area contributed by atoms with Gasteiger partial charge in [0, 0.05) is 18.5 Å².